The smallest absolute Gasteiger partial charge is 0.00388 e. The molecule has 1 nitrogen and oxygen atoms in total. The topological polar surface area (TPSA) is 3.24 Å². The second-order valence-electron chi connectivity index (χ2n) is 5.62. The van der Waals surface area contributed by atoms with Crippen molar-refractivity contribution in [2.24, 2.45) is 23.7 Å². The van der Waals surface area contributed by atoms with Gasteiger partial charge in [-0.1, -0.05) is 13.8 Å². The minimum Gasteiger partial charge on any atom is -0.300 e. The highest BCUT2D eigenvalue weighted by Crippen LogP contribution is 2.51. The third-order valence-electron chi connectivity index (χ3n) is 4.02. The average Bonchev–Trinajstić information content (AvgIpc) is 2.62. The molecule has 1 heterocycles. The van der Waals surface area contributed by atoms with E-state index in [0.717, 1.165) is 29.7 Å². The van der Waals surface area contributed by atoms with Gasteiger partial charge in [0.25, 0.3) is 0 Å². The van der Waals surface area contributed by atoms with Gasteiger partial charge in [-0.25, -0.2) is 0 Å². The maximum atomic E-state index is 2.60. The fourth-order valence-electron chi connectivity index (χ4n) is 2.79. The number of hydrogen-bond acceptors (Lipinski definition) is 1. The molecule has 0 radical (unpaired) electrons. The monoisotopic (exact) mass is 181 g/mol. The molecule has 0 spiro atoms. The second-order valence-corrected chi connectivity index (χ2v) is 5.62. The number of likely N-dealkylation sites (tertiary alicyclic amines) is 1. The van der Waals surface area contributed by atoms with Crippen LogP contribution in [-0.2, 0) is 0 Å². The van der Waals surface area contributed by atoms with E-state index in [2.05, 4.69) is 32.6 Å². The Morgan fingerprint density at radius 1 is 1.08 bits per heavy atom. The zero-order chi connectivity index (χ0) is 9.59. The first-order valence-corrected chi connectivity index (χ1v) is 5.83. The van der Waals surface area contributed by atoms with Crippen molar-refractivity contribution in [3.05, 3.63) is 0 Å². The molecule has 2 atom stereocenters. The van der Waals surface area contributed by atoms with Gasteiger partial charge in [-0.15, -0.1) is 0 Å². The third-order valence-corrected chi connectivity index (χ3v) is 4.02. The fourth-order valence-corrected chi connectivity index (χ4v) is 2.79. The van der Waals surface area contributed by atoms with Crippen molar-refractivity contribution in [1.29, 1.82) is 0 Å². The highest BCUT2D eigenvalue weighted by molar-refractivity contribution is 4.99. The van der Waals surface area contributed by atoms with Gasteiger partial charge in [-0.3, -0.25) is 0 Å². The summed E-state index contributed by atoms with van der Waals surface area (Å²) in [7, 11) is 0. The molecule has 1 heteroatoms. The molecule has 0 amide bonds. The van der Waals surface area contributed by atoms with E-state index < -0.39 is 0 Å². The summed E-state index contributed by atoms with van der Waals surface area (Å²) in [5, 5.41) is 0. The van der Waals surface area contributed by atoms with Gasteiger partial charge in [0.2, 0.25) is 0 Å². The van der Waals surface area contributed by atoms with Gasteiger partial charge in [0.1, 0.15) is 0 Å². The summed E-state index contributed by atoms with van der Waals surface area (Å²) in [5.74, 6) is 4.14. The van der Waals surface area contributed by atoms with Gasteiger partial charge >= 0.3 is 0 Å². The first kappa shape index (κ1) is 9.51. The van der Waals surface area contributed by atoms with E-state index in [1.54, 1.807) is 0 Å². The SMILES string of the molecule is CC(C)C1CC1C1CN(C(C)C)C1. The zero-order valence-corrected chi connectivity index (χ0v) is 9.46. The van der Waals surface area contributed by atoms with Crippen molar-refractivity contribution in [2.45, 2.75) is 40.2 Å². The predicted molar refractivity (Wildman–Crippen MR) is 56.6 cm³/mol. The molecule has 0 bridgehead atoms. The zero-order valence-electron chi connectivity index (χ0n) is 9.46. The Morgan fingerprint density at radius 3 is 2.08 bits per heavy atom. The van der Waals surface area contributed by atoms with Crippen LogP contribution >= 0.6 is 0 Å². The summed E-state index contributed by atoms with van der Waals surface area (Å²) < 4.78 is 0. The Hall–Kier alpha value is -0.0400. The molecule has 0 aromatic rings. The van der Waals surface area contributed by atoms with E-state index in [1.165, 1.54) is 19.5 Å². The molecule has 0 N–H and O–H groups in total. The highest BCUT2D eigenvalue weighted by Gasteiger charge is 2.48. The molecule has 1 aliphatic heterocycles. The van der Waals surface area contributed by atoms with Gasteiger partial charge in [0.15, 0.2) is 0 Å². The molecule has 1 aliphatic carbocycles. The Bertz CT molecular complexity index is 180. The molecule has 1 saturated carbocycles. The molecule has 2 rings (SSSR count). The first-order valence-electron chi connectivity index (χ1n) is 5.83. The molecule has 76 valence electrons. The van der Waals surface area contributed by atoms with Crippen molar-refractivity contribution < 1.29 is 0 Å². The van der Waals surface area contributed by atoms with Gasteiger partial charge in [0.05, 0.1) is 0 Å². The Kier molecular flexibility index (Phi) is 2.39. The molecular formula is C12H23N. The van der Waals surface area contributed by atoms with Crippen LogP contribution in [0.1, 0.15) is 34.1 Å². The lowest BCUT2D eigenvalue weighted by molar-refractivity contribution is 0.0500. The summed E-state index contributed by atoms with van der Waals surface area (Å²) in [5.41, 5.74) is 0. The van der Waals surface area contributed by atoms with Crippen LogP contribution in [0.5, 0.6) is 0 Å². The van der Waals surface area contributed by atoms with E-state index in [9.17, 15) is 0 Å². The van der Waals surface area contributed by atoms with Gasteiger partial charge in [-0.05, 0) is 43.9 Å². The summed E-state index contributed by atoms with van der Waals surface area (Å²) in [6, 6.07) is 0.771. The van der Waals surface area contributed by atoms with Crippen LogP contribution in [0.25, 0.3) is 0 Å². The van der Waals surface area contributed by atoms with Crippen LogP contribution < -0.4 is 0 Å². The van der Waals surface area contributed by atoms with E-state index in [0.29, 0.717) is 0 Å². The molecule has 13 heavy (non-hydrogen) atoms. The minimum atomic E-state index is 0.771. The Morgan fingerprint density at radius 2 is 1.69 bits per heavy atom. The van der Waals surface area contributed by atoms with Crippen molar-refractivity contribution >= 4 is 0 Å². The molecular weight excluding hydrogens is 158 g/mol. The Balaban J connectivity index is 1.71. The lowest BCUT2D eigenvalue weighted by Gasteiger charge is -2.42. The van der Waals surface area contributed by atoms with Crippen LogP contribution in [0.4, 0.5) is 0 Å². The normalized spacial score (nSPS) is 35.5. The molecule has 2 unspecified atom stereocenters. The number of rotatable bonds is 3. The van der Waals surface area contributed by atoms with E-state index in [1.807, 2.05) is 0 Å². The quantitative estimate of drug-likeness (QED) is 0.647. The van der Waals surface area contributed by atoms with Gasteiger partial charge in [0, 0.05) is 19.1 Å². The van der Waals surface area contributed by atoms with E-state index in [4.69, 9.17) is 0 Å². The standard InChI is InChI=1S/C12H23N/c1-8(2)11-5-12(11)10-6-13(7-10)9(3)4/h8-12H,5-7H2,1-4H3. The summed E-state index contributed by atoms with van der Waals surface area (Å²) in [4.78, 5) is 2.60. The van der Waals surface area contributed by atoms with Crippen LogP contribution in [0.3, 0.4) is 0 Å². The first-order chi connectivity index (χ1) is 6.09. The summed E-state index contributed by atoms with van der Waals surface area (Å²) in [6.45, 7) is 12.1. The number of nitrogens with zero attached hydrogens (tertiary/aromatic N) is 1. The maximum absolute atomic E-state index is 2.60. The van der Waals surface area contributed by atoms with Crippen LogP contribution in [0, 0.1) is 23.7 Å². The van der Waals surface area contributed by atoms with Crippen LogP contribution in [-0.4, -0.2) is 24.0 Å². The van der Waals surface area contributed by atoms with E-state index in [-0.39, 0.29) is 0 Å². The second kappa shape index (κ2) is 3.27. The molecule has 2 aliphatic rings. The van der Waals surface area contributed by atoms with Gasteiger partial charge in [-0.2, -0.15) is 0 Å². The summed E-state index contributed by atoms with van der Waals surface area (Å²) >= 11 is 0. The average molecular weight is 181 g/mol. The third kappa shape index (κ3) is 1.76. The van der Waals surface area contributed by atoms with Crippen molar-refractivity contribution in [3.8, 4) is 0 Å². The Labute approximate surface area is 82.5 Å². The fraction of sp³-hybridized carbons (Fsp3) is 1.00. The van der Waals surface area contributed by atoms with Crippen molar-refractivity contribution in [3.63, 3.8) is 0 Å². The lowest BCUT2D eigenvalue weighted by atomic mass is 9.90. The van der Waals surface area contributed by atoms with E-state index >= 15 is 0 Å². The van der Waals surface area contributed by atoms with Crippen LogP contribution in [0.15, 0.2) is 0 Å². The molecule has 0 aromatic carbocycles. The van der Waals surface area contributed by atoms with Crippen molar-refractivity contribution in [2.75, 3.05) is 13.1 Å². The minimum absolute atomic E-state index is 0.771. The molecule has 1 saturated heterocycles. The summed E-state index contributed by atoms with van der Waals surface area (Å²) in [6.07, 6.45) is 1.52. The highest BCUT2D eigenvalue weighted by atomic mass is 15.2. The molecule has 0 aromatic heterocycles. The largest absolute Gasteiger partial charge is 0.300 e. The van der Waals surface area contributed by atoms with Crippen LogP contribution in [0.2, 0.25) is 0 Å². The number of hydrogen-bond donors (Lipinski definition) is 0. The predicted octanol–water partition coefficient (Wildman–Crippen LogP) is 2.62. The van der Waals surface area contributed by atoms with Gasteiger partial charge < -0.3 is 4.90 Å². The van der Waals surface area contributed by atoms with Crippen molar-refractivity contribution in [1.82, 2.24) is 4.90 Å². The lowest BCUT2D eigenvalue weighted by Crippen LogP contribution is -2.51. The maximum Gasteiger partial charge on any atom is 0.00388 e. The molecule has 2 fully saturated rings.